The Morgan fingerprint density at radius 1 is 1.24 bits per heavy atom. The van der Waals surface area contributed by atoms with Gasteiger partial charge in [0, 0.05) is 43.3 Å². The Labute approximate surface area is 196 Å². The fourth-order valence-corrected chi connectivity index (χ4v) is 6.75. The van der Waals surface area contributed by atoms with Crippen LogP contribution in [-0.2, 0) is 19.6 Å². The first-order valence-corrected chi connectivity index (χ1v) is 12.8. The van der Waals surface area contributed by atoms with E-state index in [2.05, 4.69) is 10.6 Å². The molecule has 0 spiro atoms. The molecule has 0 radical (unpaired) electrons. The average molecular weight is 495 g/mol. The Bertz CT molecular complexity index is 1150. The number of furan rings is 1. The molecular weight excluding hydrogens is 468 g/mol. The highest BCUT2D eigenvalue weighted by molar-refractivity contribution is 7.91. The van der Waals surface area contributed by atoms with Gasteiger partial charge in [-0.2, -0.15) is 4.31 Å². The van der Waals surface area contributed by atoms with E-state index in [0.29, 0.717) is 41.8 Å². The van der Waals surface area contributed by atoms with Crippen molar-refractivity contribution < 1.29 is 27.2 Å². The number of hydrogen-bond acceptors (Lipinski definition) is 8. The smallest absolute Gasteiger partial charge is 0.338 e. The SMILES string of the molecule is CCOC(=O)C1=C(CN2CCN(S(=O)(=O)c3ccc(C)s3)CC2)NC(=O)NC1c1ccco1. The second-order valence-corrected chi connectivity index (χ2v) is 11.2. The number of rotatable bonds is 7. The fourth-order valence-electron chi connectivity index (χ4n) is 3.89. The van der Waals surface area contributed by atoms with Crippen LogP contribution in [0, 0.1) is 6.92 Å². The number of amides is 2. The summed E-state index contributed by atoms with van der Waals surface area (Å²) in [6.45, 7) is 5.58. The number of nitrogens with zero attached hydrogens (tertiary/aromatic N) is 2. The normalized spacial score (nSPS) is 20.4. The van der Waals surface area contributed by atoms with Crippen LogP contribution < -0.4 is 10.6 Å². The maximum absolute atomic E-state index is 12.9. The monoisotopic (exact) mass is 494 g/mol. The predicted molar refractivity (Wildman–Crippen MR) is 121 cm³/mol. The number of ether oxygens (including phenoxy) is 1. The molecule has 4 rings (SSSR count). The molecule has 178 valence electrons. The number of esters is 1. The summed E-state index contributed by atoms with van der Waals surface area (Å²) in [7, 11) is -3.53. The molecule has 2 amide bonds. The van der Waals surface area contributed by atoms with E-state index in [1.165, 1.54) is 21.9 Å². The summed E-state index contributed by atoms with van der Waals surface area (Å²) in [5.41, 5.74) is 0.694. The Hall–Kier alpha value is -2.67. The maximum atomic E-state index is 12.9. The molecule has 12 heteroatoms. The van der Waals surface area contributed by atoms with Crippen LogP contribution in [0.3, 0.4) is 0 Å². The summed E-state index contributed by atoms with van der Waals surface area (Å²) in [6.07, 6.45) is 1.47. The fraction of sp³-hybridized carbons (Fsp3) is 0.429. The van der Waals surface area contributed by atoms with Gasteiger partial charge in [0.15, 0.2) is 0 Å². The van der Waals surface area contributed by atoms with Gasteiger partial charge in [-0.1, -0.05) is 0 Å². The van der Waals surface area contributed by atoms with E-state index in [4.69, 9.17) is 9.15 Å². The maximum Gasteiger partial charge on any atom is 0.338 e. The third-order valence-corrected chi connectivity index (χ3v) is 8.87. The molecule has 1 atom stereocenters. The van der Waals surface area contributed by atoms with Crippen LogP contribution in [0.5, 0.6) is 0 Å². The summed E-state index contributed by atoms with van der Waals surface area (Å²) in [6, 6.07) is 5.58. The second kappa shape index (κ2) is 9.67. The van der Waals surface area contributed by atoms with Crippen LogP contribution in [0.2, 0.25) is 0 Å². The Morgan fingerprint density at radius 3 is 2.61 bits per heavy atom. The van der Waals surface area contributed by atoms with Crippen molar-refractivity contribution in [3.05, 3.63) is 52.4 Å². The van der Waals surface area contributed by atoms with Crippen LogP contribution in [0.4, 0.5) is 4.79 Å². The number of carbonyl (C=O) groups is 2. The van der Waals surface area contributed by atoms with Crippen LogP contribution in [-0.4, -0.2) is 69.0 Å². The Kier molecular flexibility index (Phi) is 6.88. The molecule has 0 saturated carbocycles. The molecule has 1 unspecified atom stereocenters. The van der Waals surface area contributed by atoms with E-state index >= 15 is 0 Å². The van der Waals surface area contributed by atoms with E-state index in [1.54, 1.807) is 31.2 Å². The molecule has 0 aliphatic carbocycles. The number of nitrogens with one attached hydrogen (secondary N) is 2. The van der Waals surface area contributed by atoms with Crippen LogP contribution in [0.15, 0.2) is 50.4 Å². The molecule has 2 aliphatic heterocycles. The first-order chi connectivity index (χ1) is 15.8. The molecule has 33 heavy (non-hydrogen) atoms. The van der Waals surface area contributed by atoms with Gasteiger partial charge in [-0.15, -0.1) is 11.3 Å². The van der Waals surface area contributed by atoms with E-state index in [-0.39, 0.29) is 18.7 Å². The van der Waals surface area contributed by atoms with Crippen molar-refractivity contribution in [3.8, 4) is 0 Å². The van der Waals surface area contributed by atoms with Crippen LogP contribution in [0.1, 0.15) is 23.6 Å². The number of sulfonamides is 1. The zero-order valence-corrected chi connectivity index (χ0v) is 20.0. The van der Waals surface area contributed by atoms with Gasteiger partial charge in [0.1, 0.15) is 16.0 Å². The lowest BCUT2D eigenvalue weighted by Gasteiger charge is -2.36. The number of aryl methyl sites for hydroxylation is 1. The molecule has 0 bridgehead atoms. The average Bonchev–Trinajstić information content (AvgIpc) is 3.46. The quantitative estimate of drug-likeness (QED) is 0.563. The largest absolute Gasteiger partial charge is 0.467 e. The van der Waals surface area contributed by atoms with E-state index in [9.17, 15) is 18.0 Å². The van der Waals surface area contributed by atoms with Gasteiger partial charge in [-0.3, -0.25) is 4.90 Å². The van der Waals surface area contributed by atoms with Gasteiger partial charge in [0.2, 0.25) is 0 Å². The minimum Gasteiger partial charge on any atom is -0.467 e. The zero-order valence-electron chi connectivity index (χ0n) is 18.4. The molecule has 10 nitrogen and oxygen atoms in total. The van der Waals surface area contributed by atoms with Gasteiger partial charge < -0.3 is 19.8 Å². The lowest BCUT2D eigenvalue weighted by Crippen LogP contribution is -2.52. The number of piperazine rings is 1. The highest BCUT2D eigenvalue weighted by Gasteiger charge is 2.37. The predicted octanol–water partition coefficient (Wildman–Crippen LogP) is 1.83. The molecule has 1 fully saturated rings. The summed E-state index contributed by atoms with van der Waals surface area (Å²) in [4.78, 5) is 28.1. The van der Waals surface area contributed by atoms with E-state index < -0.39 is 28.1 Å². The van der Waals surface area contributed by atoms with Crippen molar-refractivity contribution in [1.82, 2.24) is 19.8 Å². The first-order valence-electron chi connectivity index (χ1n) is 10.6. The number of hydrogen-bond donors (Lipinski definition) is 2. The summed E-state index contributed by atoms with van der Waals surface area (Å²) < 4.78 is 38.3. The molecule has 1 saturated heterocycles. The van der Waals surface area contributed by atoms with Gasteiger partial charge in [0.05, 0.1) is 18.4 Å². The van der Waals surface area contributed by atoms with Crippen molar-refractivity contribution in [2.45, 2.75) is 24.1 Å². The summed E-state index contributed by atoms with van der Waals surface area (Å²) >= 11 is 1.26. The van der Waals surface area contributed by atoms with E-state index in [0.717, 1.165) is 4.88 Å². The number of thiophene rings is 1. The highest BCUT2D eigenvalue weighted by Crippen LogP contribution is 2.29. The molecule has 0 aromatic carbocycles. The minimum absolute atomic E-state index is 0.188. The van der Waals surface area contributed by atoms with Crippen LogP contribution in [0.25, 0.3) is 0 Å². The molecule has 2 aromatic rings. The Balaban J connectivity index is 1.52. The van der Waals surface area contributed by atoms with E-state index in [1.807, 2.05) is 11.8 Å². The van der Waals surface area contributed by atoms with Crippen molar-refractivity contribution >= 4 is 33.4 Å². The van der Waals surface area contributed by atoms with Crippen molar-refractivity contribution in [3.63, 3.8) is 0 Å². The third kappa shape index (κ3) is 4.98. The minimum atomic E-state index is -3.53. The van der Waals surface area contributed by atoms with Gasteiger partial charge >= 0.3 is 12.0 Å². The topological polar surface area (TPSA) is 121 Å². The van der Waals surface area contributed by atoms with Gasteiger partial charge in [-0.25, -0.2) is 18.0 Å². The second-order valence-electron chi connectivity index (χ2n) is 7.70. The highest BCUT2D eigenvalue weighted by atomic mass is 32.2. The number of carbonyl (C=O) groups excluding carboxylic acids is 2. The molecular formula is C21H26N4O6S2. The van der Waals surface area contributed by atoms with Crippen molar-refractivity contribution in [2.24, 2.45) is 0 Å². The first kappa shape index (κ1) is 23.5. The molecule has 2 aliphatic rings. The molecule has 2 N–H and O–H groups in total. The van der Waals surface area contributed by atoms with Crippen molar-refractivity contribution in [1.29, 1.82) is 0 Å². The van der Waals surface area contributed by atoms with Crippen LogP contribution >= 0.6 is 11.3 Å². The standard InChI is InChI=1S/C21H26N4O6S2/c1-3-30-20(26)18-15(22-21(27)23-19(18)16-5-4-12-31-16)13-24-8-10-25(11-9-24)33(28,29)17-7-6-14(2)32-17/h4-7,12,19H,3,8-11,13H2,1-2H3,(H2,22,23,27). The molecule has 2 aromatic heterocycles. The number of urea groups is 1. The zero-order chi connectivity index (χ0) is 23.6. The lowest BCUT2D eigenvalue weighted by atomic mass is 9.99. The lowest BCUT2D eigenvalue weighted by molar-refractivity contribution is -0.139. The van der Waals surface area contributed by atoms with Crippen molar-refractivity contribution in [2.75, 3.05) is 39.3 Å². The van der Waals surface area contributed by atoms with Gasteiger partial charge in [0.25, 0.3) is 10.0 Å². The Morgan fingerprint density at radius 2 is 2.00 bits per heavy atom. The summed E-state index contributed by atoms with van der Waals surface area (Å²) in [5.74, 6) is -0.122. The van der Waals surface area contributed by atoms with Gasteiger partial charge in [-0.05, 0) is 38.1 Å². The summed E-state index contributed by atoms with van der Waals surface area (Å²) in [5, 5.41) is 5.45. The molecule has 4 heterocycles. The third-order valence-electron chi connectivity index (χ3n) is 5.50.